The number of nitrogens with zero attached hydrogens (tertiary/aromatic N) is 1. The number of sulfonamides is 1. The molecule has 0 amide bonds. The summed E-state index contributed by atoms with van der Waals surface area (Å²) in [7, 11) is -0.794. The predicted octanol–water partition coefficient (Wildman–Crippen LogP) is 4.59. The molecule has 0 aromatic heterocycles. The zero-order valence-electron chi connectivity index (χ0n) is 11.7. The number of ether oxygens (including phenoxy) is 1. The summed E-state index contributed by atoms with van der Waals surface area (Å²) < 4.78 is 32.1. The second-order valence-electron chi connectivity index (χ2n) is 4.40. The predicted molar refractivity (Wildman–Crippen MR) is 92.7 cm³/mol. The number of methoxy groups -OCH3 is 1. The van der Waals surface area contributed by atoms with Crippen LogP contribution in [-0.4, -0.2) is 22.6 Å². The summed E-state index contributed by atoms with van der Waals surface area (Å²) in [6, 6.07) is 9.14. The second kappa shape index (κ2) is 6.66. The minimum Gasteiger partial charge on any atom is -0.496 e. The van der Waals surface area contributed by atoms with Crippen molar-refractivity contribution in [3.63, 3.8) is 0 Å². The van der Waals surface area contributed by atoms with Crippen LogP contribution >= 0.6 is 39.1 Å². The molecule has 0 unspecified atom stereocenters. The lowest BCUT2D eigenvalue weighted by molar-refractivity contribution is 0.411. The molecule has 2 aromatic rings. The Balaban J connectivity index is 2.47. The highest BCUT2D eigenvalue weighted by molar-refractivity contribution is 9.10. The van der Waals surface area contributed by atoms with E-state index in [-0.39, 0.29) is 4.90 Å². The number of benzene rings is 2. The van der Waals surface area contributed by atoms with Crippen LogP contribution in [0.1, 0.15) is 0 Å². The number of hydrogen-bond donors (Lipinski definition) is 0. The van der Waals surface area contributed by atoms with E-state index >= 15 is 0 Å². The molecule has 2 rings (SSSR count). The van der Waals surface area contributed by atoms with Crippen molar-refractivity contribution in [3.8, 4) is 5.75 Å². The first-order chi connectivity index (χ1) is 10.3. The Morgan fingerprint density at radius 2 is 1.68 bits per heavy atom. The van der Waals surface area contributed by atoms with Crippen LogP contribution in [0.4, 0.5) is 5.69 Å². The van der Waals surface area contributed by atoms with Gasteiger partial charge in [0.05, 0.1) is 22.2 Å². The van der Waals surface area contributed by atoms with Crippen molar-refractivity contribution in [3.05, 3.63) is 50.9 Å². The lowest BCUT2D eigenvalue weighted by Crippen LogP contribution is -2.26. The lowest BCUT2D eigenvalue weighted by atomic mass is 10.3. The Morgan fingerprint density at radius 1 is 1.09 bits per heavy atom. The van der Waals surface area contributed by atoms with E-state index in [0.29, 0.717) is 26.0 Å². The molecule has 0 aliphatic heterocycles. The monoisotopic (exact) mass is 423 g/mol. The van der Waals surface area contributed by atoms with Crippen LogP contribution < -0.4 is 9.04 Å². The van der Waals surface area contributed by atoms with Crippen LogP contribution in [0.2, 0.25) is 10.0 Å². The molecule has 0 fully saturated rings. The molecule has 8 heteroatoms. The lowest BCUT2D eigenvalue weighted by Gasteiger charge is -2.20. The highest BCUT2D eigenvalue weighted by atomic mass is 79.9. The van der Waals surface area contributed by atoms with Crippen molar-refractivity contribution in [2.45, 2.75) is 4.90 Å². The van der Waals surface area contributed by atoms with Gasteiger partial charge in [0, 0.05) is 17.1 Å². The van der Waals surface area contributed by atoms with E-state index in [9.17, 15) is 8.42 Å². The average molecular weight is 425 g/mol. The first-order valence-electron chi connectivity index (χ1n) is 6.04. The Labute approximate surface area is 147 Å². The number of halogens is 3. The molecule has 0 atom stereocenters. The van der Waals surface area contributed by atoms with Crippen LogP contribution in [0.5, 0.6) is 5.75 Å². The molecule has 0 saturated heterocycles. The fraction of sp³-hybridized carbons (Fsp3) is 0.143. The van der Waals surface area contributed by atoms with Gasteiger partial charge in [0.2, 0.25) is 0 Å². The second-order valence-corrected chi connectivity index (χ2v) is 8.09. The largest absolute Gasteiger partial charge is 0.496 e. The maximum absolute atomic E-state index is 12.7. The van der Waals surface area contributed by atoms with Gasteiger partial charge in [0.15, 0.2) is 0 Å². The van der Waals surface area contributed by atoms with Gasteiger partial charge < -0.3 is 4.74 Å². The van der Waals surface area contributed by atoms with Crippen molar-refractivity contribution in [2.75, 3.05) is 18.5 Å². The van der Waals surface area contributed by atoms with Gasteiger partial charge >= 0.3 is 0 Å². The minimum atomic E-state index is -3.74. The Kier molecular flexibility index (Phi) is 5.27. The molecule has 0 bridgehead atoms. The van der Waals surface area contributed by atoms with E-state index < -0.39 is 10.0 Å². The molecule has 118 valence electrons. The molecule has 2 aromatic carbocycles. The smallest absolute Gasteiger partial charge is 0.264 e. The van der Waals surface area contributed by atoms with Crippen molar-refractivity contribution in [1.82, 2.24) is 0 Å². The first-order valence-corrected chi connectivity index (χ1v) is 9.03. The van der Waals surface area contributed by atoms with E-state index in [2.05, 4.69) is 15.9 Å². The maximum Gasteiger partial charge on any atom is 0.264 e. The van der Waals surface area contributed by atoms with Gasteiger partial charge in [-0.2, -0.15) is 0 Å². The normalized spacial score (nSPS) is 11.3. The highest BCUT2D eigenvalue weighted by Gasteiger charge is 2.23. The SMILES string of the molecule is COc1ccc(S(=O)(=O)N(C)c2cc(Cl)cc(Cl)c2)cc1Br. The van der Waals surface area contributed by atoms with Gasteiger partial charge in [-0.15, -0.1) is 0 Å². The van der Waals surface area contributed by atoms with E-state index in [1.165, 1.54) is 44.5 Å². The molecular formula is C14H12BrCl2NO3S. The number of rotatable bonds is 4. The summed E-state index contributed by atoms with van der Waals surface area (Å²) in [5, 5.41) is 0.723. The molecular weight excluding hydrogens is 413 g/mol. The van der Waals surface area contributed by atoms with Crippen LogP contribution in [-0.2, 0) is 10.0 Å². The quantitative estimate of drug-likeness (QED) is 0.720. The van der Waals surface area contributed by atoms with Gasteiger partial charge in [0.1, 0.15) is 5.75 Å². The first kappa shape index (κ1) is 17.4. The molecule has 0 aliphatic rings. The van der Waals surface area contributed by atoms with Crippen LogP contribution in [0.25, 0.3) is 0 Å². The zero-order valence-corrected chi connectivity index (χ0v) is 15.6. The summed E-state index contributed by atoms with van der Waals surface area (Å²) in [6.07, 6.45) is 0. The maximum atomic E-state index is 12.7. The Morgan fingerprint density at radius 3 is 2.18 bits per heavy atom. The van der Waals surface area contributed by atoms with Gasteiger partial charge in [-0.1, -0.05) is 23.2 Å². The Bertz CT molecular complexity index is 791. The summed E-state index contributed by atoms with van der Waals surface area (Å²) in [5.74, 6) is 0.549. The summed E-state index contributed by atoms with van der Waals surface area (Å²) in [6.45, 7) is 0. The third-order valence-corrected chi connectivity index (χ3v) is 5.83. The molecule has 4 nitrogen and oxygen atoms in total. The molecule has 0 spiro atoms. The van der Waals surface area contributed by atoms with Crippen molar-refractivity contribution in [2.24, 2.45) is 0 Å². The fourth-order valence-corrected chi connectivity index (χ4v) is 4.24. The van der Waals surface area contributed by atoms with E-state index in [4.69, 9.17) is 27.9 Å². The van der Waals surface area contributed by atoms with Crippen LogP contribution in [0.15, 0.2) is 45.8 Å². The Hall–Kier alpha value is -0.950. The fourth-order valence-electron chi connectivity index (χ4n) is 1.83. The third kappa shape index (κ3) is 3.51. The van der Waals surface area contributed by atoms with Gasteiger partial charge in [-0.3, -0.25) is 4.31 Å². The molecule has 0 N–H and O–H groups in total. The topological polar surface area (TPSA) is 46.6 Å². The molecule has 0 heterocycles. The van der Waals surface area contributed by atoms with Gasteiger partial charge in [-0.25, -0.2) is 8.42 Å². The van der Waals surface area contributed by atoms with Crippen LogP contribution in [0.3, 0.4) is 0 Å². The third-order valence-electron chi connectivity index (χ3n) is 2.99. The van der Waals surface area contributed by atoms with Crippen LogP contribution in [0, 0.1) is 0 Å². The molecule has 0 saturated carbocycles. The van der Waals surface area contributed by atoms with Gasteiger partial charge in [-0.05, 0) is 52.3 Å². The summed E-state index contributed by atoms with van der Waals surface area (Å²) >= 11 is 15.1. The minimum absolute atomic E-state index is 0.124. The average Bonchev–Trinajstić information content (AvgIpc) is 2.45. The van der Waals surface area contributed by atoms with Gasteiger partial charge in [0.25, 0.3) is 10.0 Å². The van der Waals surface area contributed by atoms with Crippen molar-refractivity contribution >= 4 is 54.8 Å². The standard InChI is InChI=1S/C14H12BrCl2NO3S/c1-18(11-6-9(16)5-10(17)7-11)22(19,20)12-3-4-14(21-2)13(15)8-12/h3-8H,1-2H3. The zero-order chi connectivity index (χ0) is 16.5. The number of anilines is 1. The van der Waals surface area contributed by atoms with E-state index in [1.807, 2.05) is 0 Å². The van der Waals surface area contributed by atoms with Crippen molar-refractivity contribution in [1.29, 1.82) is 0 Å². The van der Waals surface area contributed by atoms with E-state index in [1.54, 1.807) is 6.07 Å². The molecule has 0 radical (unpaired) electrons. The molecule has 0 aliphatic carbocycles. The van der Waals surface area contributed by atoms with E-state index in [0.717, 1.165) is 4.31 Å². The highest BCUT2D eigenvalue weighted by Crippen LogP contribution is 2.31. The van der Waals surface area contributed by atoms with Crippen molar-refractivity contribution < 1.29 is 13.2 Å². The summed E-state index contributed by atoms with van der Waals surface area (Å²) in [5.41, 5.74) is 0.379. The molecule has 22 heavy (non-hydrogen) atoms. The summed E-state index contributed by atoms with van der Waals surface area (Å²) in [4.78, 5) is 0.124. The number of hydrogen-bond acceptors (Lipinski definition) is 3.